The highest BCUT2D eigenvalue weighted by Gasteiger charge is 2.42. The van der Waals surface area contributed by atoms with Gasteiger partial charge in [0.15, 0.2) is 5.76 Å². The number of fused-ring (bicyclic) bond motifs is 6. The Labute approximate surface area is 213 Å². The molecule has 1 fully saturated rings. The molecule has 3 heteroatoms. The normalized spacial score (nSPS) is 23.8. The number of carbonyl (C=O) groups is 1. The molecule has 0 amide bonds. The molecule has 1 saturated carbocycles. The van der Waals surface area contributed by atoms with Gasteiger partial charge in [-0.1, -0.05) is 68.3 Å². The van der Waals surface area contributed by atoms with Crippen LogP contribution in [0.25, 0.3) is 22.1 Å². The maximum absolute atomic E-state index is 14.2. The fourth-order valence-corrected chi connectivity index (χ4v) is 6.84. The van der Waals surface area contributed by atoms with Crippen molar-refractivity contribution in [3.05, 3.63) is 89.2 Å². The van der Waals surface area contributed by atoms with Crippen LogP contribution in [0.1, 0.15) is 72.2 Å². The van der Waals surface area contributed by atoms with E-state index in [4.69, 9.17) is 10.2 Å². The van der Waals surface area contributed by atoms with E-state index < -0.39 is 0 Å². The van der Waals surface area contributed by atoms with Crippen molar-refractivity contribution in [3.8, 4) is 11.1 Å². The van der Waals surface area contributed by atoms with Crippen LogP contribution in [0.15, 0.2) is 71.1 Å². The Kier molecular flexibility index (Phi) is 5.95. The Hall–Kier alpha value is -3.33. The summed E-state index contributed by atoms with van der Waals surface area (Å²) in [7, 11) is 0. The predicted molar refractivity (Wildman–Crippen MR) is 147 cm³/mol. The molecule has 2 aliphatic carbocycles. The number of hydrogen-bond acceptors (Lipinski definition) is 3. The number of carbonyl (C=O) groups excluding carboxylic acids is 1. The number of furan rings is 1. The Morgan fingerprint density at radius 2 is 1.78 bits per heavy atom. The first-order chi connectivity index (χ1) is 17.5. The number of benzene rings is 3. The lowest BCUT2D eigenvalue weighted by Crippen LogP contribution is -2.25. The van der Waals surface area contributed by atoms with E-state index in [0.29, 0.717) is 23.5 Å². The summed E-state index contributed by atoms with van der Waals surface area (Å²) in [6.07, 6.45) is 6.55. The van der Waals surface area contributed by atoms with Crippen molar-refractivity contribution in [1.82, 2.24) is 0 Å². The maximum Gasteiger partial charge on any atom is 0.202 e. The van der Waals surface area contributed by atoms with Gasteiger partial charge in [-0.05, 0) is 90.8 Å². The molecule has 3 nitrogen and oxygen atoms in total. The van der Waals surface area contributed by atoms with Crippen LogP contribution in [0.3, 0.4) is 0 Å². The largest absolute Gasteiger partial charge is 0.453 e. The Morgan fingerprint density at radius 1 is 0.972 bits per heavy atom. The van der Waals surface area contributed by atoms with Gasteiger partial charge in [-0.3, -0.25) is 4.79 Å². The summed E-state index contributed by atoms with van der Waals surface area (Å²) in [5.74, 6) is 2.30. The van der Waals surface area contributed by atoms with Gasteiger partial charge in [-0.15, -0.1) is 0 Å². The average molecular weight is 478 g/mol. The lowest BCUT2D eigenvalue weighted by atomic mass is 9.79. The van der Waals surface area contributed by atoms with Gasteiger partial charge in [0.25, 0.3) is 0 Å². The second-order valence-corrected chi connectivity index (χ2v) is 11.1. The molecular formula is C33H35NO2. The van der Waals surface area contributed by atoms with Gasteiger partial charge < -0.3 is 10.2 Å². The number of nitrogen functional groups attached to an aromatic ring is 1. The molecule has 4 aromatic rings. The summed E-state index contributed by atoms with van der Waals surface area (Å²) in [4.78, 5) is 14.2. The zero-order valence-corrected chi connectivity index (χ0v) is 21.3. The number of Topliss-reactive ketones (excluding diaryl/α,β-unsaturated/α-hetero) is 1. The van der Waals surface area contributed by atoms with Crippen LogP contribution < -0.4 is 5.73 Å². The number of anilines is 1. The van der Waals surface area contributed by atoms with E-state index >= 15 is 0 Å². The minimum atomic E-state index is -0.0492. The molecule has 3 aromatic carbocycles. The second kappa shape index (κ2) is 9.28. The highest BCUT2D eigenvalue weighted by Crippen LogP contribution is 2.49. The van der Waals surface area contributed by atoms with Crippen LogP contribution in [-0.4, -0.2) is 5.78 Å². The van der Waals surface area contributed by atoms with Crippen molar-refractivity contribution >= 4 is 22.4 Å². The van der Waals surface area contributed by atoms with E-state index in [9.17, 15) is 4.79 Å². The van der Waals surface area contributed by atoms with Gasteiger partial charge in [-0.2, -0.15) is 0 Å². The fourth-order valence-electron chi connectivity index (χ4n) is 6.84. The summed E-state index contributed by atoms with van der Waals surface area (Å²) in [6.45, 7) is 4.46. The van der Waals surface area contributed by atoms with E-state index in [0.717, 1.165) is 47.9 Å². The molecule has 2 unspecified atom stereocenters. The van der Waals surface area contributed by atoms with Crippen LogP contribution >= 0.6 is 0 Å². The lowest BCUT2D eigenvalue weighted by molar-refractivity contribution is 0.0840. The number of ketones is 1. The van der Waals surface area contributed by atoms with E-state index in [2.05, 4.69) is 56.3 Å². The van der Waals surface area contributed by atoms with Crippen molar-refractivity contribution in [1.29, 1.82) is 0 Å². The van der Waals surface area contributed by atoms with Crippen molar-refractivity contribution in [2.24, 2.45) is 17.8 Å². The van der Waals surface area contributed by atoms with Crippen molar-refractivity contribution in [2.75, 3.05) is 5.73 Å². The molecule has 0 radical (unpaired) electrons. The molecule has 184 valence electrons. The smallest absolute Gasteiger partial charge is 0.202 e. The van der Waals surface area contributed by atoms with Crippen molar-refractivity contribution in [3.63, 3.8) is 0 Å². The number of para-hydroxylation sites is 1. The summed E-state index contributed by atoms with van der Waals surface area (Å²) in [5.41, 5.74) is 13.6. The molecule has 2 aliphatic rings. The molecule has 0 aliphatic heterocycles. The SMILES string of the molecule is CC[C@H]1CC[C@@H]2CC(C1)c1c(oc3ccccc13)C(=O)C2Cc1ccc(C)c(-c2ccc(N)cc2)c1. The first-order valence-corrected chi connectivity index (χ1v) is 13.5. The average Bonchev–Trinajstić information content (AvgIpc) is 3.10. The quantitative estimate of drug-likeness (QED) is 0.300. The fraction of sp³-hybridized carbons (Fsp3) is 0.364. The van der Waals surface area contributed by atoms with Gasteiger partial charge in [0.2, 0.25) is 5.78 Å². The van der Waals surface area contributed by atoms with Gasteiger partial charge >= 0.3 is 0 Å². The van der Waals surface area contributed by atoms with Crippen molar-refractivity contribution < 1.29 is 9.21 Å². The first-order valence-electron chi connectivity index (χ1n) is 13.5. The first kappa shape index (κ1) is 23.1. The summed E-state index contributed by atoms with van der Waals surface area (Å²) < 4.78 is 6.33. The molecule has 1 heterocycles. The summed E-state index contributed by atoms with van der Waals surface area (Å²) in [6, 6.07) is 23.0. The van der Waals surface area contributed by atoms with Gasteiger partial charge in [0.1, 0.15) is 5.58 Å². The van der Waals surface area contributed by atoms with E-state index in [1.54, 1.807) is 0 Å². The van der Waals surface area contributed by atoms with Crippen LogP contribution in [0.2, 0.25) is 0 Å². The second-order valence-electron chi connectivity index (χ2n) is 11.1. The zero-order valence-electron chi connectivity index (χ0n) is 21.3. The number of nitrogens with two attached hydrogens (primary N) is 1. The molecule has 2 N–H and O–H groups in total. The molecular weight excluding hydrogens is 442 g/mol. The zero-order chi connectivity index (χ0) is 24.8. The number of rotatable bonds is 4. The van der Waals surface area contributed by atoms with Crippen LogP contribution in [0, 0.1) is 24.7 Å². The van der Waals surface area contributed by atoms with Gasteiger partial charge in [-0.25, -0.2) is 0 Å². The van der Waals surface area contributed by atoms with Crippen LogP contribution in [0.4, 0.5) is 5.69 Å². The third-order valence-corrected chi connectivity index (χ3v) is 8.88. The topological polar surface area (TPSA) is 56.2 Å². The molecule has 1 aromatic heterocycles. The Bertz CT molecular complexity index is 1410. The Balaban J connectivity index is 1.41. The Morgan fingerprint density at radius 3 is 2.58 bits per heavy atom. The molecule has 6 rings (SSSR count). The summed E-state index contributed by atoms with van der Waals surface area (Å²) in [5, 5.41) is 1.14. The van der Waals surface area contributed by atoms with Gasteiger partial charge in [0, 0.05) is 22.6 Å². The minimum Gasteiger partial charge on any atom is -0.453 e. The van der Waals surface area contributed by atoms with Gasteiger partial charge in [0.05, 0.1) is 0 Å². The van der Waals surface area contributed by atoms with E-state index in [-0.39, 0.29) is 11.7 Å². The van der Waals surface area contributed by atoms with Crippen LogP contribution in [0.5, 0.6) is 0 Å². The standard InChI is InChI=1S/C33H35NO2/c1-3-21-10-11-24-19-25(16-21)31-27-6-4-5-7-30(27)36-33(31)32(35)29(24)18-22-9-8-20(2)28(17-22)23-12-14-26(34)15-13-23/h4-9,12-15,17,21,24-25,29H,3,10-11,16,18-19,34H2,1-2H3/t21-,24+,25?,29?/m0/s1. The number of aryl methyl sites for hydroxylation is 1. The molecule has 4 atom stereocenters. The maximum atomic E-state index is 14.2. The third kappa shape index (κ3) is 4.05. The third-order valence-electron chi connectivity index (χ3n) is 8.88. The highest BCUT2D eigenvalue weighted by molar-refractivity contribution is 6.02. The molecule has 36 heavy (non-hydrogen) atoms. The highest BCUT2D eigenvalue weighted by atomic mass is 16.3. The molecule has 2 bridgehead atoms. The minimum absolute atomic E-state index is 0.0492. The number of hydrogen-bond donors (Lipinski definition) is 1. The van der Waals surface area contributed by atoms with E-state index in [1.165, 1.54) is 35.1 Å². The summed E-state index contributed by atoms with van der Waals surface area (Å²) >= 11 is 0. The van der Waals surface area contributed by atoms with Crippen molar-refractivity contribution in [2.45, 2.75) is 58.3 Å². The molecule has 0 saturated heterocycles. The molecule has 0 spiro atoms. The lowest BCUT2D eigenvalue weighted by Gasteiger charge is -2.24. The van der Waals surface area contributed by atoms with E-state index in [1.807, 2.05) is 24.3 Å². The van der Waals surface area contributed by atoms with Crippen LogP contribution in [-0.2, 0) is 6.42 Å². The predicted octanol–water partition coefficient (Wildman–Crippen LogP) is 8.35. The monoisotopic (exact) mass is 477 g/mol.